The smallest absolute Gasteiger partial charge is 0.308 e. The minimum atomic E-state index is -1.26. The first kappa shape index (κ1) is 54.7. The molecule has 1 unspecified atom stereocenters. The number of fused-ring (bicyclic) bond motifs is 3. The highest BCUT2D eigenvalue weighted by molar-refractivity contribution is 7.15. The Morgan fingerprint density at radius 1 is 0.899 bits per heavy atom. The Kier molecular flexibility index (Phi) is 20.8. The first-order valence-electron chi connectivity index (χ1n) is 23.7. The van der Waals surface area contributed by atoms with Gasteiger partial charge in [-0.2, -0.15) is 0 Å². The summed E-state index contributed by atoms with van der Waals surface area (Å²) < 4.78 is 55.4. The molecule has 0 radical (unpaired) electrons. The van der Waals surface area contributed by atoms with E-state index in [1.54, 1.807) is 63.5 Å². The molecule has 0 saturated carbocycles. The zero-order valence-corrected chi connectivity index (χ0v) is 42.0. The van der Waals surface area contributed by atoms with Crippen molar-refractivity contribution in [1.82, 2.24) is 14.9 Å². The Labute approximate surface area is 409 Å². The molecule has 6 rings (SSSR count). The number of rotatable bonds is 12. The number of carbonyl (C=O) groups excluding carboxylic acids is 2. The number of carbonyl (C=O) groups is 2. The molecule has 2 bridgehead atoms. The molecule has 0 aliphatic carbocycles. The van der Waals surface area contributed by atoms with Gasteiger partial charge in [0.2, 0.25) is 0 Å². The number of nitrogens with zero attached hydrogens (tertiary/aromatic N) is 4. The summed E-state index contributed by atoms with van der Waals surface area (Å²) in [6, 6.07) is 4.91. The number of methoxy groups -OCH3 is 2. The molecule has 384 valence electrons. The van der Waals surface area contributed by atoms with E-state index in [-0.39, 0.29) is 57.8 Å². The van der Waals surface area contributed by atoms with Crippen molar-refractivity contribution in [3.05, 3.63) is 59.3 Å². The monoisotopic (exact) mass is 988 g/mol. The summed E-state index contributed by atoms with van der Waals surface area (Å²) in [6.45, 7) is 9.39. The van der Waals surface area contributed by atoms with Crippen LogP contribution < -0.4 is 0 Å². The van der Waals surface area contributed by atoms with Gasteiger partial charge in [0, 0.05) is 55.9 Å². The van der Waals surface area contributed by atoms with E-state index in [1.165, 1.54) is 25.6 Å². The number of allylic oxidation sites excluding steroid dienone is 3. The molecule has 69 heavy (non-hydrogen) atoms. The first-order chi connectivity index (χ1) is 33.1. The second-order valence-corrected chi connectivity index (χ2v) is 19.9. The highest BCUT2D eigenvalue weighted by Crippen LogP contribution is 2.36. The number of ether oxygens (including phenoxy) is 9. The maximum Gasteiger partial charge on any atom is 0.308 e. The van der Waals surface area contributed by atoms with Crippen LogP contribution in [0.4, 0.5) is 0 Å². The van der Waals surface area contributed by atoms with E-state index in [9.17, 15) is 24.9 Å². The molecule has 4 aliphatic heterocycles. The fourth-order valence-corrected chi connectivity index (χ4v) is 10.2. The Bertz CT molecular complexity index is 2020. The van der Waals surface area contributed by atoms with Crippen LogP contribution in [0, 0.1) is 23.7 Å². The van der Waals surface area contributed by atoms with Crippen molar-refractivity contribution < 1.29 is 72.4 Å². The third-order valence-electron chi connectivity index (χ3n) is 13.2. The van der Waals surface area contributed by atoms with Gasteiger partial charge in [-0.05, 0) is 77.9 Å². The van der Waals surface area contributed by atoms with Gasteiger partial charge in [-0.3, -0.25) is 9.59 Å². The van der Waals surface area contributed by atoms with Gasteiger partial charge in [0.1, 0.15) is 30.1 Å². The van der Waals surface area contributed by atoms with Crippen molar-refractivity contribution in [1.29, 1.82) is 0 Å². The lowest BCUT2D eigenvalue weighted by molar-refractivity contribution is -0.305. The molecule has 3 N–H and O–H groups in total. The summed E-state index contributed by atoms with van der Waals surface area (Å²) in [6.07, 6.45) is -0.575. The van der Waals surface area contributed by atoms with E-state index >= 15 is 0 Å². The number of cyclic esters (lactones) is 1. The number of aliphatic hydroxyl groups is 3. The van der Waals surface area contributed by atoms with E-state index in [0.29, 0.717) is 24.4 Å². The lowest BCUT2D eigenvalue weighted by Gasteiger charge is -2.47. The van der Waals surface area contributed by atoms with Gasteiger partial charge < -0.3 is 67.7 Å². The summed E-state index contributed by atoms with van der Waals surface area (Å²) in [4.78, 5) is 46.1. The molecule has 2 aromatic rings. The van der Waals surface area contributed by atoms with Gasteiger partial charge in [-0.1, -0.05) is 36.7 Å². The van der Waals surface area contributed by atoms with Crippen LogP contribution in [0.3, 0.4) is 0 Å². The van der Waals surface area contributed by atoms with Gasteiger partial charge in [-0.25, -0.2) is 9.97 Å². The number of hydrogen-bond donors (Lipinski definition) is 3. The van der Waals surface area contributed by atoms with Crippen molar-refractivity contribution in [2.45, 2.75) is 134 Å². The van der Waals surface area contributed by atoms with Crippen molar-refractivity contribution in [2.75, 3.05) is 61.3 Å². The Morgan fingerprint density at radius 3 is 2.35 bits per heavy atom. The number of hydrogen-bond acceptors (Lipinski definition) is 20. The number of aliphatic hydroxyl groups excluding tert-OH is 3. The summed E-state index contributed by atoms with van der Waals surface area (Å²) in [5.41, 5.74) is 1.18. The molecule has 0 aromatic carbocycles. The predicted octanol–water partition coefficient (Wildman–Crippen LogP) is 3.73. The standard InChI is InChI=1S/C49H72N4O15S/c1-27-11-13-36(54)28(2)20-33-15-18-61-24-34(52-65-26-35-12-14-38(69-35)47-50-16-10-17-51-47)25-62-37(29(3)44(33)68-48-43(58)40(53(6)7)41(56)30(4)66-48)21-39(55)63-22-32(19-27)23-64-49-46(60-9)45(59-8)42(57)31(5)67-49/h10-14,16-17,19,28-33,37,40-46,48-49,56-58H,15,18,20-26H2,1-9H3/b13-11+,27-19+,52-34+/t28-,29+,30-,31-,32+,33?,37-,40+,41-,42-,43-,44-,45-,46-,48+,49-/m1/s1. The SMILES string of the molecule is CO[C@@H]1[C@H](O)[C@@H](C)O[C@@H](OC[C@H]2/C=C(C)/C=C/C(=O)[C@H](C)CC3CCOC/C(=N\OCc4ccc(-c5ncccn5)s4)CO[C@H](CC(=O)OC2)[C@H](C)[C@H]3O[C@@H]2O[C@H](C)[C@@H](O)[C@H](N(C)C)[C@H]2O)[C@@H]1OC. The first-order valence-corrected chi connectivity index (χ1v) is 24.5. The number of likely N-dealkylation sites (N-methyl/N-ethyl adjacent to an activating group) is 1. The topological polar surface area (TPSA) is 229 Å². The Morgan fingerprint density at radius 2 is 1.62 bits per heavy atom. The molecule has 6 heterocycles. The van der Waals surface area contributed by atoms with Crippen LogP contribution in [0.25, 0.3) is 10.7 Å². The maximum absolute atomic E-state index is 14.1. The van der Waals surface area contributed by atoms with Crippen LogP contribution in [0.15, 0.2) is 59.5 Å². The van der Waals surface area contributed by atoms with Gasteiger partial charge in [0.05, 0.1) is 74.3 Å². The average Bonchev–Trinajstić information content (AvgIpc) is 3.80. The quantitative estimate of drug-likeness (QED) is 0.203. The average molecular weight is 989 g/mol. The molecule has 3 saturated heterocycles. The van der Waals surface area contributed by atoms with Crippen molar-refractivity contribution in [3.63, 3.8) is 0 Å². The van der Waals surface area contributed by atoms with Crippen LogP contribution in [-0.4, -0.2) is 183 Å². The van der Waals surface area contributed by atoms with E-state index in [4.69, 9.17) is 47.5 Å². The lowest BCUT2D eigenvalue weighted by atomic mass is 9.79. The molecule has 3 fully saturated rings. The maximum atomic E-state index is 14.1. The Hall–Kier alpha value is -3.61. The van der Waals surface area contributed by atoms with Crippen LogP contribution in [0.2, 0.25) is 0 Å². The lowest BCUT2D eigenvalue weighted by Crippen LogP contribution is -2.63. The fourth-order valence-electron chi connectivity index (χ4n) is 9.29. The molecule has 4 aliphatic rings. The number of oxime groups is 1. The molecule has 19 nitrogen and oxygen atoms in total. The number of ketones is 1. The summed E-state index contributed by atoms with van der Waals surface area (Å²) in [5, 5.41) is 37.9. The van der Waals surface area contributed by atoms with E-state index < -0.39 is 97.3 Å². The second kappa shape index (κ2) is 26.2. The van der Waals surface area contributed by atoms with E-state index in [0.717, 1.165) is 15.3 Å². The van der Waals surface area contributed by atoms with Crippen molar-refractivity contribution in [3.8, 4) is 10.7 Å². The zero-order valence-electron chi connectivity index (χ0n) is 41.2. The molecular formula is C49H72N4O15S. The highest BCUT2D eigenvalue weighted by atomic mass is 32.1. The molecule has 0 spiro atoms. The molecule has 16 atom stereocenters. The van der Waals surface area contributed by atoms with E-state index in [1.807, 2.05) is 39.0 Å². The summed E-state index contributed by atoms with van der Waals surface area (Å²) >= 11 is 1.49. The Balaban J connectivity index is 1.28. The van der Waals surface area contributed by atoms with E-state index in [2.05, 4.69) is 15.1 Å². The fraction of sp³-hybridized carbons (Fsp3) is 0.694. The van der Waals surface area contributed by atoms with Crippen LogP contribution in [0.5, 0.6) is 0 Å². The zero-order chi connectivity index (χ0) is 49.8. The highest BCUT2D eigenvalue weighted by Gasteiger charge is 2.48. The summed E-state index contributed by atoms with van der Waals surface area (Å²) in [7, 11) is 6.50. The summed E-state index contributed by atoms with van der Waals surface area (Å²) in [5.74, 6) is -1.98. The third-order valence-corrected chi connectivity index (χ3v) is 14.3. The minimum absolute atomic E-state index is 0.0257. The normalized spacial score (nSPS) is 37.7. The third kappa shape index (κ3) is 14.7. The minimum Gasteiger partial charge on any atom is -0.465 e. The number of thiophene rings is 1. The molecule has 0 amide bonds. The van der Waals surface area contributed by atoms with Gasteiger partial charge in [0.15, 0.2) is 30.8 Å². The van der Waals surface area contributed by atoms with Crippen LogP contribution >= 0.6 is 11.3 Å². The molecule has 2 aromatic heterocycles. The van der Waals surface area contributed by atoms with Crippen LogP contribution in [-0.2, 0) is 63.7 Å². The second-order valence-electron chi connectivity index (χ2n) is 18.7. The molecular weight excluding hydrogens is 917 g/mol. The number of esters is 1. The van der Waals surface area contributed by atoms with Crippen molar-refractivity contribution in [2.24, 2.45) is 28.8 Å². The molecule has 20 heteroatoms. The largest absolute Gasteiger partial charge is 0.465 e. The van der Waals surface area contributed by atoms with Crippen LogP contribution in [0.1, 0.15) is 58.8 Å². The van der Waals surface area contributed by atoms with Gasteiger partial charge >= 0.3 is 5.97 Å². The van der Waals surface area contributed by atoms with Gasteiger partial charge in [0.25, 0.3) is 0 Å². The van der Waals surface area contributed by atoms with Gasteiger partial charge in [-0.15, -0.1) is 11.3 Å². The van der Waals surface area contributed by atoms with Crippen molar-refractivity contribution >= 4 is 28.8 Å². The predicted molar refractivity (Wildman–Crippen MR) is 253 cm³/mol. The number of aromatic nitrogens is 2.